The zero-order valence-corrected chi connectivity index (χ0v) is 11.3. The molecule has 20 heavy (non-hydrogen) atoms. The third kappa shape index (κ3) is 3.27. The second-order valence-electron chi connectivity index (χ2n) is 4.75. The van der Waals surface area contributed by atoms with Crippen LogP contribution in [0.2, 0.25) is 0 Å². The minimum atomic E-state index is -0.953. The number of urea groups is 1. The van der Waals surface area contributed by atoms with Crippen LogP contribution in [0.4, 0.5) is 10.5 Å². The van der Waals surface area contributed by atoms with Crippen molar-refractivity contribution in [2.24, 2.45) is 0 Å². The lowest BCUT2D eigenvalue weighted by Crippen LogP contribution is -2.42. The Labute approximate surface area is 117 Å². The molecule has 0 aliphatic carbocycles. The molecule has 1 heterocycles. The Balaban J connectivity index is 2.04. The van der Waals surface area contributed by atoms with Crippen LogP contribution in [0.5, 0.6) is 0 Å². The molecule has 1 atom stereocenters. The summed E-state index contributed by atoms with van der Waals surface area (Å²) in [5.41, 5.74) is 1.59. The molecule has 1 aromatic rings. The summed E-state index contributed by atoms with van der Waals surface area (Å²) in [5.74, 6) is -0.953. The summed E-state index contributed by atoms with van der Waals surface area (Å²) in [7, 11) is 1.60. The molecule has 1 aromatic carbocycles. The van der Waals surface area contributed by atoms with Crippen LogP contribution in [0.15, 0.2) is 24.3 Å². The first-order valence-electron chi connectivity index (χ1n) is 6.50. The van der Waals surface area contributed by atoms with Gasteiger partial charge in [0.1, 0.15) is 6.04 Å². The highest BCUT2D eigenvalue weighted by molar-refractivity contribution is 5.92. The number of methoxy groups -OCH3 is 1. The van der Waals surface area contributed by atoms with Gasteiger partial charge in [0.15, 0.2) is 0 Å². The fourth-order valence-electron chi connectivity index (χ4n) is 2.37. The lowest BCUT2D eigenvalue weighted by molar-refractivity contribution is -0.141. The minimum absolute atomic E-state index is 0.371. The number of benzene rings is 1. The van der Waals surface area contributed by atoms with Crippen molar-refractivity contribution in [3.63, 3.8) is 0 Å². The van der Waals surface area contributed by atoms with Gasteiger partial charge in [-0.1, -0.05) is 12.1 Å². The van der Waals surface area contributed by atoms with Crippen LogP contribution in [0.1, 0.15) is 18.4 Å². The summed E-state index contributed by atoms with van der Waals surface area (Å²) in [5, 5.41) is 11.8. The fraction of sp³-hybridized carbons (Fsp3) is 0.429. The smallest absolute Gasteiger partial charge is 0.326 e. The number of carboxylic acids is 1. The molecule has 1 fully saturated rings. The highest BCUT2D eigenvalue weighted by Gasteiger charge is 2.33. The summed E-state index contributed by atoms with van der Waals surface area (Å²) in [6.45, 7) is 0.936. The molecule has 0 aromatic heterocycles. The van der Waals surface area contributed by atoms with Crippen LogP contribution in [-0.2, 0) is 16.1 Å². The Kier molecular flexibility index (Phi) is 4.57. The fourth-order valence-corrected chi connectivity index (χ4v) is 2.37. The predicted molar refractivity (Wildman–Crippen MR) is 73.5 cm³/mol. The van der Waals surface area contributed by atoms with E-state index in [1.807, 2.05) is 18.2 Å². The summed E-state index contributed by atoms with van der Waals surface area (Å²) < 4.78 is 5.04. The largest absolute Gasteiger partial charge is 0.480 e. The van der Waals surface area contributed by atoms with Crippen LogP contribution >= 0.6 is 0 Å². The number of carboxylic acid groups (broad SMARTS) is 1. The maximum atomic E-state index is 12.1. The van der Waals surface area contributed by atoms with Gasteiger partial charge in [0, 0.05) is 19.3 Å². The lowest BCUT2D eigenvalue weighted by Gasteiger charge is -2.21. The number of nitrogens with one attached hydrogen (secondary N) is 1. The maximum Gasteiger partial charge on any atom is 0.326 e. The number of hydrogen-bond acceptors (Lipinski definition) is 3. The molecule has 2 amide bonds. The Bertz CT molecular complexity index is 504. The van der Waals surface area contributed by atoms with Crippen molar-refractivity contribution >= 4 is 17.7 Å². The Morgan fingerprint density at radius 1 is 1.50 bits per heavy atom. The molecule has 0 radical (unpaired) electrons. The molecule has 1 saturated heterocycles. The molecule has 108 valence electrons. The average Bonchev–Trinajstić information content (AvgIpc) is 2.89. The van der Waals surface area contributed by atoms with Crippen molar-refractivity contribution in [1.82, 2.24) is 4.90 Å². The molecule has 0 unspecified atom stereocenters. The quantitative estimate of drug-likeness (QED) is 0.881. The topological polar surface area (TPSA) is 78.9 Å². The van der Waals surface area contributed by atoms with E-state index in [0.29, 0.717) is 31.7 Å². The van der Waals surface area contributed by atoms with E-state index in [-0.39, 0.29) is 6.03 Å². The van der Waals surface area contributed by atoms with Gasteiger partial charge in [-0.25, -0.2) is 9.59 Å². The van der Waals surface area contributed by atoms with Crippen LogP contribution in [-0.4, -0.2) is 41.7 Å². The molecule has 6 nitrogen and oxygen atoms in total. The molecule has 6 heteroatoms. The molecule has 2 N–H and O–H groups in total. The van der Waals surface area contributed by atoms with Gasteiger partial charge in [-0.05, 0) is 30.5 Å². The summed E-state index contributed by atoms with van der Waals surface area (Å²) in [6.07, 6.45) is 1.22. The van der Waals surface area contributed by atoms with Crippen LogP contribution in [0.25, 0.3) is 0 Å². The van der Waals surface area contributed by atoms with E-state index in [4.69, 9.17) is 9.84 Å². The second kappa shape index (κ2) is 6.38. The first kappa shape index (κ1) is 14.3. The third-order valence-electron chi connectivity index (χ3n) is 3.29. The molecular weight excluding hydrogens is 260 g/mol. The van der Waals surface area contributed by atoms with Crippen LogP contribution in [0.3, 0.4) is 0 Å². The van der Waals surface area contributed by atoms with Gasteiger partial charge in [0.05, 0.1) is 6.61 Å². The lowest BCUT2D eigenvalue weighted by atomic mass is 10.2. The van der Waals surface area contributed by atoms with Crippen molar-refractivity contribution in [3.05, 3.63) is 29.8 Å². The van der Waals surface area contributed by atoms with Crippen LogP contribution in [0, 0.1) is 0 Å². The number of anilines is 1. The van der Waals surface area contributed by atoms with Gasteiger partial charge in [-0.3, -0.25) is 0 Å². The van der Waals surface area contributed by atoms with Gasteiger partial charge < -0.3 is 20.1 Å². The van der Waals surface area contributed by atoms with Gasteiger partial charge in [0.2, 0.25) is 0 Å². The van der Waals surface area contributed by atoms with E-state index < -0.39 is 12.0 Å². The van der Waals surface area contributed by atoms with Gasteiger partial charge in [-0.2, -0.15) is 0 Å². The molecule has 2 rings (SSSR count). The molecule has 0 spiro atoms. The van der Waals surface area contributed by atoms with E-state index >= 15 is 0 Å². The van der Waals surface area contributed by atoms with Crippen LogP contribution < -0.4 is 5.32 Å². The zero-order chi connectivity index (χ0) is 14.5. The number of carbonyl (C=O) groups is 2. The maximum absolute atomic E-state index is 12.1. The average molecular weight is 278 g/mol. The Morgan fingerprint density at radius 2 is 2.30 bits per heavy atom. The number of nitrogens with zero attached hydrogens (tertiary/aromatic N) is 1. The van der Waals surface area contributed by atoms with E-state index in [1.165, 1.54) is 4.90 Å². The molecule has 0 saturated carbocycles. The number of carbonyl (C=O) groups excluding carboxylic acids is 1. The molecular formula is C14H18N2O4. The Hall–Kier alpha value is -2.08. The highest BCUT2D eigenvalue weighted by atomic mass is 16.5. The van der Waals surface area contributed by atoms with Gasteiger partial charge >= 0.3 is 12.0 Å². The second-order valence-corrected chi connectivity index (χ2v) is 4.75. The van der Waals surface area contributed by atoms with Crippen molar-refractivity contribution in [3.8, 4) is 0 Å². The van der Waals surface area contributed by atoms with E-state index in [1.54, 1.807) is 13.2 Å². The zero-order valence-electron chi connectivity index (χ0n) is 11.3. The van der Waals surface area contributed by atoms with Gasteiger partial charge in [0.25, 0.3) is 0 Å². The molecule has 0 bridgehead atoms. The third-order valence-corrected chi connectivity index (χ3v) is 3.29. The van der Waals surface area contributed by atoms with E-state index in [0.717, 1.165) is 5.56 Å². The molecule has 1 aliphatic rings. The van der Waals surface area contributed by atoms with E-state index in [9.17, 15) is 9.59 Å². The number of rotatable bonds is 4. The summed E-state index contributed by atoms with van der Waals surface area (Å²) >= 11 is 0. The van der Waals surface area contributed by atoms with Crippen molar-refractivity contribution in [1.29, 1.82) is 0 Å². The minimum Gasteiger partial charge on any atom is -0.480 e. The van der Waals surface area contributed by atoms with Crippen molar-refractivity contribution in [2.75, 3.05) is 19.0 Å². The highest BCUT2D eigenvalue weighted by Crippen LogP contribution is 2.19. The van der Waals surface area contributed by atoms with Gasteiger partial charge in [-0.15, -0.1) is 0 Å². The predicted octanol–water partition coefficient (Wildman–Crippen LogP) is 1.91. The number of aliphatic carboxylic acids is 1. The SMILES string of the molecule is COCc1cccc(NC(=O)N2CCC[C@@H]2C(=O)O)c1. The standard InChI is InChI=1S/C14H18N2O4/c1-20-9-10-4-2-5-11(8-10)15-14(19)16-7-3-6-12(16)13(17)18/h2,4-5,8,12H,3,6-7,9H2,1H3,(H,15,19)(H,17,18)/t12-/m1/s1. The van der Waals surface area contributed by atoms with Crippen molar-refractivity contribution in [2.45, 2.75) is 25.5 Å². The number of ether oxygens (including phenoxy) is 1. The number of hydrogen-bond donors (Lipinski definition) is 2. The number of likely N-dealkylation sites (tertiary alicyclic amines) is 1. The Morgan fingerprint density at radius 3 is 3.00 bits per heavy atom. The first-order chi connectivity index (χ1) is 9.61. The summed E-state index contributed by atoms with van der Waals surface area (Å²) in [4.78, 5) is 24.6. The van der Waals surface area contributed by atoms with Crippen molar-refractivity contribution < 1.29 is 19.4 Å². The summed E-state index contributed by atoms with van der Waals surface area (Å²) in [6, 6.07) is 6.20. The normalized spacial score (nSPS) is 18.1. The monoisotopic (exact) mass is 278 g/mol. The van der Waals surface area contributed by atoms with E-state index in [2.05, 4.69) is 5.32 Å². The molecule has 1 aliphatic heterocycles. The number of amides is 2. The first-order valence-corrected chi connectivity index (χ1v) is 6.50.